The van der Waals surface area contributed by atoms with Gasteiger partial charge in [0.25, 0.3) is 0 Å². The lowest BCUT2D eigenvalue weighted by molar-refractivity contribution is 0.920. The molecule has 0 bridgehead atoms. The molecule has 0 fully saturated rings. The highest BCUT2D eigenvalue weighted by Crippen LogP contribution is 2.13. The molecule has 1 heterocycles. The molecule has 2 aromatic rings. The number of para-hydroxylation sites is 1. The van der Waals surface area contributed by atoms with E-state index in [4.69, 9.17) is 0 Å². The van der Waals surface area contributed by atoms with Crippen molar-refractivity contribution in [3.05, 3.63) is 60.4 Å². The average Bonchev–Trinajstić information content (AvgIpc) is 2.31. The van der Waals surface area contributed by atoms with Crippen molar-refractivity contribution in [2.45, 2.75) is 6.54 Å². The van der Waals surface area contributed by atoms with Crippen LogP contribution in [0.3, 0.4) is 0 Å². The average molecular weight is 198 g/mol. The first-order valence-electron chi connectivity index (χ1n) is 5.01. The second-order valence-electron chi connectivity index (χ2n) is 3.55. The first-order valence-corrected chi connectivity index (χ1v) is 5.01. The standard InChI is InChI=1S/C13H14N2/c1-15(13-5-3-2-4-6-13)11-12-7-9-14-10-8-12/h2-10H,11H2,1H3. The maximum atomic E-state index is 4.01. The topological polar surface area (TPSA) is 16.1 Å². The lowest BCUT2D eigenvalue weighted by Crippen LogP contribution is -2.15. The van der Waals surface area contributed by atoms with Crippen LogP contribution in [-0.2, 0) is 6.54 Å². The zero-order valence-corrected chi connectivity index (χ0v) is 8.80. The Morgan fingerprint density at radius 2 is 1.67 bits per heavy atom. The smallest absolute Gasteiger partial charge is 0.0427 e. The van der Waals surface area contributed by atoms with Crippen LogP contribution in [-0.4, -0.2) is 12.0 Å². The SMILES string of the molecule is CN(Cc1ccncc1)c1ccccc1. The molecule has 76 valence electrons. The second-order valence-corrected chi connectivity index (χ2v) is 3.55. The second kappa shape index (κ2) is 4.60. The third-order valence-corrected chi connectivity index (χ3v) is 2.37. The molecular weight excluding hydrogens is 184 g/mol. The molecule has 0 saturated heterocycles. The summed E-state index contributed by atoms with van der Waals surface area (Å²) in [7, 11) is 2.09. The van der Waals surface area contributed by atoms with Crippen LogP contribution in [0, 0.1) is 0 Å². The Balaban J connectivity index is 2.08. The van der Waals surface area contributed by atoms with E-state index in [0.717, 1.165) is 6.54 Å². The van der Waals surface area contributed by atoms with Gasteiger partial charge >= 0.3 is 0 Å². The van der Waals surface area contributed by atoms with Gasteiger partial charge in [-0.15, -0.1) is 0 Å². The Morgan fingerprint density at radius 3 is 2.33 bits per heavy atom. The van der Waals surface area contributed by atoms with E-state index in [0.29, 0.717) is 0 Å². The monoisotopic (exact) mass is 198 g/mol. The van der Waals surface area contributed by atoms with E-state index in [1.54, 1.807) is 0 Å². The van der Waals surface area contributed by atoms with Crippen molar-refractivity contribution in [3.8, 4) is 0 Å². The molecule has 0 aliphatic rings. The molecule has 0 saturated carbocycles. The van der Waals surface area contributed by atoms with Crippen molar-refractivity contribution in [2.75, 3.05) is 11.9 Å². The molecule has 0 N–H and O–H groups in total. The summed E-state index contributed by atoms with van der Waals surface area (Å²) in [6.45, 7) is 0.909. The summed E-state index contributed by atoms with van der Waals surface area (Å²) in [5.41, 5.74) is 2.51. The van der Waals surface area contributed by atoms with Gasteiger partial charge in [-0.2, -0.15) is 0 Å². The minimum atomic E-state index is 0.909. The maximum absolute atomic E-state index is 4.01. The molecule has 1 aromatic carbocycles. The fourth-order valence-corrected chi connectivity index (χ4v) is 1.54. The molecule has 0 aliphatic carbocycles. The Hall–Kier alpha value is -1.83. The summed E-state index contributed by atoms with van der Waals surface area (Å²) in [4.78, 5) is 6.22. The van der Waals surface area contributed by atoms with Gasteiger partial charge in [0.2, 0.25) is 0 Å². The molecule has 0 atom stereocenters. The molecule has 2 nitrogen and oxygen atoms in total. The van der Waals surface area contributed by atoms with Crippen molar-refractivity contribution in [3.63, 3.8) is 0 Å². The zero-order chi connectivity index (χ0) is 10.5. The van der Waals surface area contributed by atoms with Gasteiger partial charge in [0, 0.05) is 31.7 Å². The maximum Gasteiger partial charge on any atom is 0.0427 e. The lowest BCUT2D eigenvalue weighted by Gasteiger charge is -2.18. The molecule has 0 radical (unpaired) electrons. The van der Waals surface area contributed by atoms with Crippen LogP contribution in [0.1, 0.15) is 5.56 Å². The fraction of sp³-hybridized carbons (Fsp3) is 0.154. The van der Waals surface area contributed by atoms with E-state index >= 15 is 0 Å². The highest BCUT2D eigenvalue weighted by molar-refractivity contribution is 5.45. The highest BCUT2D eigenvalue weighted by Gasteiger charge is 2.00. The van der Waals surface area contributed by atoms with Gasteiger partial charge < -0.3 is 4.90 Å². The molecule has 2 rings (SSSR count). The van der Waals surface area contributed by atoms with Crippen molar-refractivity contribution < 1.29 is 0 Å². The first-order chi connectivity index (χ1) is 7.36. The van der Waals surface area contributed by atoms with Gasteiger partial charge in [-0.1, -0.05) is 18.2 Å². The van der Waals surface area contributed by atoms with E-state index in [1.165, 1.54) is 11.3 Å². The highest BCUT2D eigenvalue weighted by atomic mass is 15.1. The van der Waals surface area contributed by atoms with Gasteiger partial charge in [0.1, 0.15) is 0 Å². The van der Waals surface area contributed by atoms with Gasteiger partial charge in [-0.3, -0.25) is 4.98 Å². The van der Waals surface area contributed by atoms with Crippen molar-refractivity contribution in [1.82, 2.24) is 4.98 Å². The Kier molecular flexibility index (Phi) is 2.98. The summed E-state index contributed by atoms with van der Waals surface area (Å²) in [5, 5.41) is 0. The molecule has 0 spiro atoms. The largest absolute Gasteiger partial charge is 0.370 e. The quantitative estimate of drug-likeness (QED) is 0.753. The van der Waals surface area contributed by atoms with E-state index in [2.05, 4.69) is 41.2 Å². The van der Waals surface area contributed by atoms with Crippen LogP contribution in [0.2, 0.25) is 0 Å². The fourth-order valence-electron chi connectivity index (χ4n) is 1.54. The normalized spacial score (nSPS) is 9.93. The number of aromatic nitrogens is 1. The summed E-state index contributed by atoms with van der Waals surface area (Å²) in [6, 6.07) is 14.4. The van der Waals surface area contributed by atoms with E-state index in [-0.39, 0.29) is 0 Å². The predicted molar refractivity (Wildman–Crippen MR) is 62.8 cm³/mol. The number of hydrogen-bond acceptors (Lipinski definition) is 2. The number of anilines is 1. The van der Waals surface area contributed by atoms with Crippen LogP contribution in [0.4, 0.5) is 5.69 Å². The van der Waals surface area contributed by atoms with Crippen LogP contribution in [0.15, 0.2) is 54.9 Å². The minimum absolute atomic E-state index is 0.909. The predicted octanol–water partition coefficient (Wildman–Crippen LogP) is 2.72. The molecule has 1 aromatic heterocycles. The molecular formula is C13H14N2. The van der Waals surface area contributed by atoms with Gasteiger partial charge in [-0.05, 0) is 29.8 Å². The molecule has 0 unspecified atom stereocenters. The molecule has 0 amide bonds. The van der Waals surface area contributed by atoms with Crippen LogP contribution in [0.25, 0.3) is 0 Å². The van der Waals surface area contributed by atoms with Crippen molar-refractivity contribution >= 4 is 5.69 Å². The number of pyridine rings is 1. The summed E-state index contributed by atoms with van der Waals surface area (Å²) in [5.74, 6) is 0. The molecule has 15 heavy (non-hydrogen) atoms. The lowest BCUT2D eigenvalue weighted by atomic mass is 10.2. The Morgan fingerprint density at radius 1 is 1.00 bits per heavy atom. The van der Waals surface area contributed by atoms with Crippen molar-refractivity contribution in [2.24, 2.45) is 0 Å². The van der Waals surface area contributed by atoms with E-state index < -0.39 is 0 Å². The summed E-state index contributed by atoms with van der Waals surface area (Å²) >= 11 is 0. The Labute approximate surface area is 90.2 Å². The summed E-state index contributed by atoms with van der Waals surface area (Å²) in [6.07, 6.45) is 3.66. The van der Waals surface area contributed by atoms with E-state index in [9.17, 15) is 0 Å². The number of hydrogen-bond donors (Lipinski definition) is 0. The minimum Gasteiger partial charge on any atom is -0.370 e. The molecule has 0 aliphatic heterocycles. The van der Waals surface area contributed by atoms with Crippen LogP contribution >= 0.6 is 0 Å². The Bertz CT molecular complexity index is 397. The van der Waals surface area contributed by atoms with Crippen LogP contribution < -0.4 is 4.90 Å². The third-order valence-electron chi connectivity index (χ3n) is 2.37. The van der Waals surface area contributed by atoms with Gasteiger partial charge in [0.15, 0.2) is 0 Å². The first kappa shape index (κ1) is 9.71. The molecule has 2 heteroatoms. The number of benzene rings is 1. The van der Waals surface area contributed by atoms with Crippen molar-refractivity contribution in [1.29, 1.82) is 0 Å². The van der Waals surface area contributed by atoms with Crippen LogP contribution in [0.5, 0.6) is 0 Å². The number of rotatable bonds is 3. The zero-order valence-electron chi connectivity index (χ0n) is 8.80. The number of nitrogens with zero attached hydrogens (tertiary/aromatic N) is 2. The third kappa shape index (κ3) is 2.56. The van der Waals surface area contributed by atoms with Gasteiger partial charge in [-0.25, -0.2) is 0 Å². The van der Waals surface area contributed by atoms with Gasteiger partial charge in [0.05, 0.1) is 0 Å². The summed E-state index contributed by atoms with van der Waals surface area (Å²) < 4.78 is 0. The van der Waals surface area contributed by atoms with E-state index in [1.807, 2.05) is 30.6 Å².